The summed E-state index contributed by atoms with van der Waals surface area (Å²) in [7, 11) is 0. The van der Waals surface area contributed by atoms with Gasteiger partial charge in [-0.2, -0.15) is 0 Å². The lowest BCUT2D eigenvalue weighted by Crippen LogP contribution is -2.45. The average Bonchev–Trinajstić information content (AvgIpc) is 2.50. The van der Waals surface area contributed by atoms with Crippen LogP contribution in [0.3, 0.4) is 0 Å². The zero-order valence-corrected chi connectivity index (χ0v) is 12.8. The molecule has 0 amide bonds. The molecule has 1 N–H and O–H groups in total. The Morgan fingerprint density at radius 1 is 1.29 bits per heavy atom. The number of nitrogens with zero attached hydrogens (tertiary/aromatic N) is 1. The highest BCUT2D eigenvalue weighted by Crippen LogP contribution is 2.13. The molecular formula is C17H25FN2O. The van der Waals surface area contributed by atoms with Crippen LogP contribution < -0.4 is 5.32 Å². The number of piperidine rings is 1. The molecule has 0 saturated carbocycles. The standard InChI is InChI=1S/C17H25FN2O/c1-2-11-20(16-7-9-19-10-8-16)13-17(21)12-14-3-5-15(18)6-4-14/h3-6,16,19H,2,7-13H2,1H3. The molecular weight excluding hydrogens is 267 g/mol. The Hall–Kier alpha value is -1.26. The quantitative estimate of drug-likeness (QED) is 0.837. The first-order chi connectivity index (χ1) is 10.2. The van der Waals surface area contributed by atoms with Gasteiger partial charge in [-0.1, -0.05) is 19.1 Å². The molecule has 0 bridgehead atoms. The minimum Gasteiger partial charge on any atom is -0.317 e. The Morgan fingerprint density at radius 2 is 1.95 bits per heavy atom. The van der Waals surface area contributed by atoms with Gasteiger partial charge in [-0.05, 0) is 56.6 Å². The fraction of sp³-hybridized carbons (Fsp3) is 0.588. The molecule has 1 aromatic rings. The van der Waals surface area contributed by atoms with Crippen LogP contribution in [0.2, 0.25) is 0 Å². The highest BCUT2D eigenvalue weighted by Gasteiger charge is 2.22. The third kappa shape index (κ3) is 5.21. The van der Waals surface area contributed by atoms with Gasteiger partial charge in [-0.25, -0.2) is 4.39 Å². The molecule has 2 rings (SSSR count). The van der Waals surface area contributed by atoms with Crippen molar-refractivity contribution >= 4 is 5.78 Å². The van der Waals surface area contributed by atoms with E-state index in [-0.39, 0.29) is 11.6 Å². The fourth-order valence-corrected chi connectivity index (χ4v) is 2.96. The first-order valence-corrected chi connectivity index (χ1v) is 7.90. The van der Waals surface area contributed by atoms with Crippen molar-refractivity contribution in [2.45, 2.75) is 38.6 Å². The van der Waals surface area contributed by atoms with Crippen molar-refractivity contribution in [2.24, 2.45) is 0 Å². The second-order valence-corrected chi connectivity index (χ2v) is 5.79. The molecule has 116 valence electrons. The van der Waals surface area contributed by atoms with E-state index in [1.165, 1.54) is 12.1 Å². The summed E-state index contributed by atoms with van der Waals surface area (Å²) in [6.45, 7) is 5.71. The number of rotatable bonds is 7. The second kappa shape index (κ2) is 8.25. The van der Waals surface area contributed by atoms with E-state index >= 15 is 0 Å². The van der Waals surface area contributed by atoms with Gasteiger partial charge in [-0.3, -0.25) is 9.69 Å². The molecule has 0 aromatic heterocycles. The Kier molecular flexibility index (Phi) is 6.33. The Balaban J connectivity index is 1.89. The molecule has 0 aliphatic carbocycles. The van der Waals surface area contributed by atoms with Crippen molar-refractivity contribution in [1.29, 1.82) is 0 Å². The number of ketones is 1. The number of hydrogen-bond donors (Lipinski definition) is 1. The number of carbonyl (C=O) groups is 1. The van der Waals surface area contributed by atoms with Crippen LogP contribution in [0.5, 0.6) is 0 Å². The molecule has 0 spiro atoms. The van der Waals surface area contributed by atoms with Crippen LogP contribution in [0.1, 0.15) is 31.7 Å². The second-order valence-electron chi connectivity index (χ2n) is 5.79. The topological polar surface area (TPSA) is 32.3 Å². The molecule has 1 aliphatic heterocycles. The predicted molar refractivity (Wildman–Crippen MR) is 82.9 cm³/mol. The highest BCUT2D eigenvalue weighted by atomic mass is 19.1. The smallest absolute Gasteiger partial charge is 0.151 e. The lowest BCUT2D eigenvalue weighted by atomic mass is 10.0. The van der Waals surface area contributed by atoms with E-state index in [1.54, 1.807) is 12.1 Å². The van der Waals surface area contributed by atoms with E-state index in [1.807, 2.05) is 0 Å². The first kappa shape index (κ1) is 16.1. The number of carbonyl (C=O) groups excluding carboxylic acids is 1. The van der Waals surface area contributed by atoms with Crippen molar-refractivity contribution < 1.29 is 9.18 Å². The summed E-state index contributed by atoms with van der Waals surface area (Å²) >= 11 is 0. The third-order valence-electron chi connectivity index (χ3n) is 4.03. The minimum absolute atomic E-state index is 0.216. The fourth-order valence-electron chi connectivity index (χ4n) is 2.96. The molecule has 0 radical (unpaired) electrons. The van der Waals surface area contributed by atoms with Gasteiger partial charge >= 0.3 is 0 Å². The highest BCUT2D eigenvalue weighted by molar-refractivity contribution is 5.82. The summed E-state index contributed by atoms with van der Waals surface area (Å²) in [6.07, 6.45) is 3.69. The SMILES string of the molecule is CCCN(CC(=O)Cc1ccc(F)cc1)C1CCNCC1. The average molecular weight is 292 g/mol. The molecule has 0 atom stereocenters. The molecule has 3 nitrogen and oxygen atoms in total. The maximum atomic E-state index is 12.9. The molecule has 1 fully saturated rings. The van der Waals surface area contributed by atoms with Gasteiger partial charge in [-0.15, -0.1) is 0 Å². The molecule has 1 saturated heterocycles. The van der Waals surface area contributed by atoms with E-state index in [9.17, 15) is 9.18 Å². The first-order valence-electron chi connectivity index (χ1n) is 7.90. The number of benzene rings is 1. The lowest BCUT2D eigenvalue weighted by molar-refractivity contribution is -0.120. The van der Waals surface area contributed by atoms with Crippen molar-refractivity contribution in [3.8, 4) is 0 Å². The summed E-state index contributed by atoms with van der Waals surface area (Å²) < 4.78 is 12.9. The van der Waals surface area contributed by atoms with Crippen LogP contribution in [-0.4, -0.2) is 42.9 Å². The molecule has 1 heterocycles. The minimum atomic E-state index is -0.256. The van der Waals surface area contributed by atoms with Gasteiger partial charge in [0.15, 0.2) is 5.78 Å². The van der Waals surface area contributed by atoms with Gasteiger partial charge in [0.2, 0.25) is 0 Å². The summed E-state index contributed by atoms with van der Waals surface area (Å²) in [6, 6.07) is 6.74. The van der Waals surface area contributed by atoms with Crippen molar-refractivity contribution in [1.82, 2.24) is 10.2 Å². The molecule has 0 unspecified atom stereocenters. The summed E-state index contributed by atoms with van der Waals surface area (Å²) in [4.78, 5) is 14.6. The van der Waals surface area contributed by atoms with Crippen LogP contribution in [0.25, 0.3) is 0 Å². The molecule has 1 aromatic carbocycles. The largest absolute Gasteiger partial charge is 0.317 e. The van der Waals surface area contributed by atoms with Gasteiger partial charge < -0.3 is 5.32 Å². The Morgan fingerprint density at radius 3 is 2.57 bits per heavy atom. The van der Waals surface area contributed by atoms with E-state index in [4.69, 9.17) is 0 Å². The number of halogens is 1. The van der Waals surface area contributed by atoms with Crippen molar-refractivity contribution in [3.05, 3.63) is 35.6 Å². The van der Waals surface area contributed by atoms with E-state index in [0.29, 0.717) is 19.0 Å². The molecule has 21 heavy (non-hydrogen) atoms. The predicted octanol–water partition coefficient (Wildman–Crippen LogP) is 2.40. The van der Waals surface area contributed by atoms with Gasteiger partial charge in [0.05, 0.1) is 6.54 Å². The Bertz CT molecular complexity index is 441. The normalized spacial score (nSPS) is 16.3. The number of hydrogen-bond acceptors (Lipinski definition) is 3. The molecule has 1 aliphatic rings. The summed E-state index contributed by atoms with van der Waals surface area (Å²) in [5.74, 6) is -0.0397. The van der Waals surface area contributed by atoms with Crippen molar-refractivity contribution in [3.63, 3.8) is 0 Å². The van der Waals surface area contributed by atoms with Crippen LogP contribution in [0.15, 0.2) is 24.3 Å². The van der Waals surface area contributed by atoms with E-state index in [2.05, 4.69) is 17.1 Å². The van der Waals surface area contributed by atoms with Crippen LogP contribution >= 0.6 is 0 Å². The van der Waals surface area contributed by atoms with Gasteiger partial charge in [0.1, 0.15) is 5.82 Å². The van der Waals surface area contributed by atoms with Crippen molar-refractivity contribution in [2.75, 3.05) is 26.2 Å². The van der Waals surface area contributed by atoms with E-state index < -0.39 is 0 Å². The number of nitrogens with one attached hydrogen (secondary N) is 1. The lowest BCUT2D eigenvalue weighted by Gasteiger charge is -2.34. The van der Waals surface area contributed by atoms with Crippen LogP contribution in [-0.2, 0) is 11.2 Å². The monoisotopic (exact) mass is 292 g/mol. The zero-order chi connectivity index (χ0) is 15.1. The van der Waals surface area contributed by atoms with Crippen LogP contribution in [0, 0.1) is 5.82 Å². The zero-order valence-electron chi connectivity index (χ0n) is 12.8. The van der Waals surface area contributed by atoms with Gasteiger partial charge in [0, 0.05) is 12.5 Å². The molecule has 4 heteroatoms. The summed E-state index contributed by atoms with van der Waals surface area (Å²) in [5.41, 5.74) is 0.892. The van der Waals surface area contributed by atoms with Gasteiger partial charge in [0.25, 0.3) is 0 Å². The van der Waals surface area contributed by atoms with Crippen LogP contribution in [0.4, 0.5) is 4.39 Å². The van der Waals surface area contributed by atoms with E-state index in [0.717, 1.165) is 44.5 Å². The maximum absolute atomic E-state index is 12.9. The Labute approximate surface area is 126 Å². The maximum Gasteiger partial charge on any atom is 0.151 e. The summed E-state index contributed by atoms with van der Waals surface area (Å²) in [5, 5.41) is 3.36. The number of Topliss-reactive ketones (excluding diaryl/α,β-unsaturated/α-hetero) is 1. The third-order valence-corrected chi connectivity index (χ3v) is 4.03.